The average molecular weight is 242 g/mol. The first kappa shape index (κ1) is 12.7. The van der Waals surface area contributed by atoms with Gasteiger partial charge in [-0.3, -0.25) is 9.69 Å². The second-order valence-electron chi connectivity index (χ2n) is 4.58. The van der Waals surface area contributed by atoms with Crippen molar-refractivity contribution < 1.29 is 4.79 Å². The first-order valence-corrected chi connectivity index (χ1v) is 6.21. The summed E-state index contributed by atoms with van der Waals surface area (Å²) < 4.78 is 0. The zero-order chi connectivity index (χ0) is 13.0. The molecular formula is C15H18N2O. The molecule has 1 amide bonds. The quantitative estimate of drug-likeness (QED) is 0.798. The summed E-state index contributed by atoms with van der Waals surface area (Å²) >= 11 is 0. The fourth-order valence-corrected chi connectivity index (χ4v) is 2.55. The number of hydrogen-bond acceptors (Lipinski definition) is 2. The highest BCUT2D eigenvalue weighted by atomic mass is 16.1. The van der Waals surface area contributed by atoms with Gasteiger partial charge in [0, 0.05) is 6.54 Å². The van der Waals surface area contributed by atoms with Crippen molar-refractivity contribution in [2.24, 2.45) is 0 Å². The monoisotopic (exact) mass is 242 g/mol. The minimum absolute atomic E-state index is 0.144. The van der Waals surface area contributed by atoms with E-state index in [1.54, 1.807) is 6.92 Å². The summed E-state index contributed by atoms with van der Waals surface area (Å²) in [5.74, 6) is 4.99. The van der Waals surface area contributed by atoms with Crippen molar-refractivity contribution in [2.45, 2.75) is 25.4 Å². The molecule has 1 fully saturated rings. The maximum absolute atomic E-state index is 11.6. The molecule has 0 bridgehead atoms. The Hall–Kier alpha value is -1.79. The van der Waals surface area contributed by atoms with Gasteiger partial charge in [-0.2, -0.15) is 0 Å². The van der Waals surface area contributed by atoms with E-state index in [9.17, 15) is 4.79 Å². The number of likely N-dealkylation sites (tertiary alicyclic amines) is 1. The fraction of sp³-hybridized carbons (Fsp3) is 0.400. The Morgan fingerprint density at radius 1 is 1.39 bits per heavy atom. The molecule has 3 heteroatoms. The fourth-order valence-electron chi connectivity index (χ4n) is 2.55. The predicted molar refractivity (Wildman–Crippen MR) is 71.8 cm³/mol. The molecule has 1 aliphatic rings. The second-order valence-corrected chi connectivity index (χ2v) is 4.58. The molecule has 2 rings (SSSR count). The van der Waals surface area contributed by atoms with E-state index in [0.717, 1.165) is 13.0 Å². The zero-order valence-electron chi connectivity index (χ0n) is 10.8. The lowest BCUT2D eigenvalue weighted by molar-refractivity contribution is -0.116. The lowest BCUT2D eigenvalue weighted by atomic mass is 10.0. The smallest absolute Gasteiger partial charge is 0.296 e. The van der Waals surface area contributed by atoms with Crippen LogP contribution in [0.4, 0.5) is 0 Å². The predicted octanol–water partition coefficient (Wildman–Crippen LogP) is 1.57. The van der Waals surface area contributed by atoms with E-state index < -0.39 is 0 Å². The van der Waals surface area contributed by atoms with Crippen molar-refractivity contribution in [3.05, 3.63) is 35.9 Å². The van der Waals surface area contributed by atoms with Crippen LogP contribution < -0.4 is 5.32 Å². The van der Waals surface area contributed by atoms with Gasteiger partial charge in [0.2, 0.25) is 0 Å². The van der Waals surface area contributed by atoms with E-state index in [1.165, 1.54) is 5.56 Å². The molecule has 1 N–H and O–H groups in total. The van der Waals surface area contributed by atoms with Gasteiger partial charge in [-0.15, -0.1) is 0 Å². The summed E-state index contributed by atoms with van der Waals surface area (Å²) in [4.78, 5) is 13.9. The number of amides is 1. The van der Waals surface area contributed by atoms with E-state index in [2.05, 4.69) is 41.2 Å². The molecule has 0 spiro atoms. The number of likely N-dealkylation sites (N-methyl/N-ethyl adjacent to an activating group) is 1. The van der Waals surface area contributed by atoms with Crippen LogP contribution >= 0.6 is 0 Å². The molecule has 0 aromatic heterocycles. The van der Waals surface area contributed by atoms with Gasteiger partial charge in [0.25, 0.3) is 5.91 Å². The maximum atomic E-state index is 11.6. The first-order valence-electron chi connectivity index (χ1n) is 6.21. The van der Waals surface area contributed by atoms with E-state index in [0.29, 0.717) is 0 Å². The van der Waals surface area contributed by atoms with Crippen molar-refractivity contribution in [3.63, 3.8) is 0 Å². The van der Waals surface area contributed by atoms with Crippen molar-refractivity contribution in [3.8, 4) is 11.8 Å². The minimum Gasteiger partial charge on any atom is -0.341 e. The van der Waals surface area contributed by atoms with Crippen LogP contribution in [0.1, 0.15) is 24.9 Å². The number of hydrogen-bond donors (Lipinski definition) is 1. The first-order chi connectivity index (χ1) is 8.72. The highest BCUT2D eigenvalue weighted by Crippen LogP contribution is 2.30. The molecule has 0 saturated carbocycles. The summed E-state index contributed by atoms with van der Waals surface area (Å²) in [7, 11) is 2.09. The number of rotatable bonds is 2. The number of benzene rings is 1. The van der Waals surface area contributed by atoms with Crippen molar-refractivity contribution in [1.29, 1.82) is 0 Å². The Labute approximate surface area is 108 Å². The van der Waals surface area contributed by atoms with Gasteiger partial charge in [-0.25, -0.2) is 0 Å². The summed E-state index contributed by atoms with van der Waals surface area (Å²) in [6, 6.07) is 10.7. The SMILES string of the molecule is CC#CC(=O)N[C@@H]1CCN(C)[C@@H]1c1ccccc1. The second kappa shape index (κ2) is 5.70. The van der Waals surface area contributed by atoms with Crippen LogP contribution in [0.5, 0.6) is 0 Å². The number of carbonyl (C=O) groups is 1. The summed E-state index contributed by atoms with van der Waals surface area (Å²) in [5.41, 5.74) is 1.24. The lowest BCUT2D eigenvalue weighted by Gasteiger charge is -2.25. The molecule has 0 aliphatic carbocycles. The molecular weight excluding hydrogens is 224 g/mol. The third kappa shape index (κ3) is 2.72. The lowest BCUT2D eigenvalue weighted by Crippen LogP contribution is -2.38. The van der Waals surface area contributed by atoms with Crippen LogP contribution in [0.3, 0.4) is 0 Å². The van der Waals surface area contributed by atoms with Crippen LogP contribution in [0, 0.1) is 11.8 Å². The average Bonchev–Trinajstić information content (AvgIpc) is 2.72. The van der Waals surface area contributed by atoms with Crippen LogP contribution in [-0.4, -0.2) is 30.4 Å². The molecule has 3 nitrogen and oxygen atoms in total. The normalized spacial score (nSPS) is 23.2. The van der Waals surface area contributed by atoms with Gasteiger partial charge < -0.3 is 5.32 Å². The topological polar surface area (TPSA) is 32.3 Å². The highest BCUT2D eigenvalue weighted by Gasteiger charge is 2.33. The number of nitrogens with zero attached hydrogens (tertiary/aromatic N) is 1. The number of carbonyl (C=O) groups excluding carboxylic acids is 1. The van der Waals surface area contributed by atoms with Gasteiger partial charge in [0.15, 0.2) is 0 Å². The Morgan fingerprint density at radius 3 is 2.78 bits per heavy atom. The largest absolute Gasteiger partial charge is 0.341 e. The zero-order valence-corrected chi connectivity index (χ0v) is 10.8. The minimum atomic E-state index is -0.182. The summed E-state index contributed by atoms with van der Waals surface area (Å²) in [6.45, 7) is 2.67. The molecule has 0 unspecified atom stereocenters. The van der Waals surface area contributed by atoms with Crippen LogP contribution in [0.15, 0.2) is 30.3 Å². The molecule has 1 aromatic carbocycles. The number of nitrogens with one attached hydrogen (secondary N) is 1. The van der Waals surface area contributed by atoms with Gasteiger partial charge in [-0.1, -0.05) is 36.3 Å². The Morgan fingerprint density at radius 2 is 2.11 bits per heavy atom. The molecule has 2 atom stereocenters. The van der Waals surface area contributed by atoms with Gasteiger partial charge in [-0.05, 0) is 31.9 Å². The van der Waals surface area contributed by atoms with Gasteiger partial charge in [0.05, 0.1) is 12.1 Å². The van der Waals surface area contributed by atoms with Gasteiger partial charge >= 0.3 is 0 Å². The molecule has 1 aliphatic heterocycles. The van der Waals surface area contributed by atoms with E-state index in [-0.39, 0.29) is 18.0 Å². The molecule has 94 valence electrons. The summed E-state index contributed by atoms with van der Waals surface area (Å²) in [5, 5.41) is 3.00. The van der Waals surface area contributed by atoms with E-state index in [1.807, 2.05) is 18.2 Å². The van der Waals surface area contributed by atoms with Crippen molar-refractivity contribution in [2.75, 3.05) is 13.6 Å². The van der Waals surface area contributed by atoms with Crippen LogP contribution in [0.25, 0.3) is 0 Å². The molecule has 1 aromatic rings. The van der Waals surface area contributed by atoms with E-state index >= 15 is 0 Å². The van der Waals surface area contributed by atoms with E-state index in [4.69, 9.17) is 0 Å². The Kier molecular flexibility index (Phi) is 4.01. The third-order valence-corrected chi connectivity index (χ3v) is 3.34. The molecule has 18 heavy (non-hydrogen) atoms. The molecule has 0 radical (unpaired) electrons. The molecule has 1 saturated heterocycles. The van der Waals surface area contributed by atoms with Crippen LogP contribution in [0.2, 0.25) is 0 Å². The molecule has 1 heterocycles. The highest BCUT2D eigenvalue weighted by molar-refractivity contribution is 5.93. The van der Waals surface area contributed by atoms with Crippen LogP contribution in [-0.2, 0) is 4.79 Å². The standard InChI is InChI=1S/C15H18N2O/c1-3-7-14(18)16-13-10-11-17(2)15(13)12-8-5-4-6-9-12/h4-6,8-9,13,15H,10-11H2,1-2H3,(H,16,18)/t13-,15-/m1/s1. The van der Waals surface area contributed by atoms with Crippen molar-refractivity contribution >= 4 is 5.91 Å². The van der Waals surface area contributed by atoms with Gasteiger partial charge in [0.1, 0.15) is 0 Å². The maximum Gasteiger partial charge on any atom is 0.296 e. The van der Waals surface area contributed by atoms with Crippen molar-refractivity contribution in [1.82, 2.24) is 10.2 Å². The summed E-state index contributed by atoms with van der Waals surface area (Å²) in [6.07, 6.45) is 0.965. The Bertz CT molecular complexity index is 472. The third-order valence-electron chi connectivity index (χ3n) is 3.34. The Balaban J connectivity index is 2.15.